The van der Waals surface area contributed by atoms with Crippen LogP contribution in [0.5, 0.6) is 5.75 Å². The van der Waals surface area contributed by atoms with E-state index in [9.17, 15) is 9.59 Å². The summed E-state index contributed by atoms with van der Waals surface area (Å²) >= 11 is 9.42. The lowest BCUT2D eigenvalue weighted by Gasteiger charge is -2.12. The Kier molecular flexibility index (Phi) is 5.01. The van der Waals surface area contributed by atoms with Crippen molar-refractivity contribution in [2.45, 2.75) is 20.4 Å². The molecule has 7 heteroatoms. The quantitative estimate of drug-likeness (QED) is 0.633. The minimum atomic E-state index is -0.710. The second kappa shape index (κ2) is 7.06. The number of hydrogen-bond acceptors (Lipinski definition) is 4. The van der Waals surface area contributed by atoms with Crippen LogP contribution in [-0.4, -0.2) is 11.2 Å². The average Bonchev–Trinajstić information content (AvgIpc) is 2.54. The molecule has 25 heavy (non-hydrogen) atoms. The van der Waals surface area contributed by atoms with Gasteiger partial charge in [-0.05, 0) is 71.2 Å². The number of hydrogen-bond donors (Lipinski definition) is 0. The van der Waals surface area contributed by atoms with Crippen LogP contribution >= 0.6 is 27.5 Å². The van der Waals surface area contributed by atoms with E-state index in [1.807, 2.05) is 26.0 Å². The first kappa shape index (κ1) is 17.8. The van der Waals surface area contributed by atoms with E-state index in [0.29, 0.717) is 26.1 Å². The summed E-state index contributed by atoms with van der Waals surface area (Å²) < 4.78 is 12.6. The molecule has 1 heterocycles. The van der Waals surface area contributed by atoms with Gasteiger partial charge in [0.25, 0.3) is 0 Å². The Hall–Kier alpha value is -2.05. The summed E-state index contributed by atoms with van der Waals surface area (Å²) in [5.74, 6) is -0.0514. The van der Waals surface area contributed by atoms with E-state index >= 15 is 0 Å². The standard InChI is InChI=1S/C18H15BrClNO4/c1-10-7-13-16(14(19)8-10)21(18(23)25-17(13)22)5-6-24-12-3-4-15(20)11(2)9-12/h3-4,7-9H,5-6H2,1-2H3. The van der Waals surface area contributed by atoms with Crippen molar-refractivity contribution in [1.29, 1.82) is 0 Å². The smallest absolute Gasteiger partial charge is 0.422 e. The predicted octanol–water partition coefficient (Wildman–Crippen LogP) is 4.07. The number of aryl methyl sites for hydroxylation is 2. The van der Waals surface area contributed by atoms with Crippen LogP contribution < -0.4 is 16.1 Å². The Morgan fingerprint density at radius 3 is 2.68 bits per heavy atom. The van der Waals surface area contributed by atoms with Gasteiger partial charge in [0, 0.05) is 9.50 Å². The lowest BCUT2D eigenvalue weighted by Crippen LogP contribution is -2.27. The Morgan fingerprint density at radius 1 is 1.20 bits per heavy atom. The van der Waals surface area contributed by atoms with Gasteiger partial charge in [-0.1, -0.05) is 11.6 Å². The van der Waals surface area contributed by atoms with Gasteiger partial charge in [0.15, 0.2) is 0 Å². The second-order valence-electron chi connectivity index (χ2n) is 5.71. The van der Waals surface area contributed by atoms with Crippen molar-refractivity contribution in [2.24, 2.45) is 0 Å². The zero-order chi connectivity index (χ0) is 18.1. The summed E-state index contributed by atoms with van der Waals surface area (Å²) in [5.41, 5.74) is 1.66. The van der Waals surface area contributed by atoms with Gasteiger partial charge in [-0.3, -0.25) is 4.57 Å². The maximum Gasteiger partial charge on any atom is 0.422 e. The molecule has 2 aromatic carbocycles. The van der Waals surface area contributed by atoms with Crippen LogP contribution in [-0.2, 0) is 6.54 Å². The van der Waals surface area contributed by atoms with Crippen LogP contribution in [0.25, 0.3) is 10.9 Å². The minimum Gasteiger partial charge on any atom is -0.492 e. The van der Waals surface area contributed by atoms with Gasteiger partial charge in [0.2, 0.25) is 0 Å². The number of rotatable bonds is 4. The SMILES string of the molecule is Cc1cc(Br)c2c(c1)c(=O)oc(=O)n2CCOc1ccc(Cl)c(C)c1. The second-order valence-corrected chi connectivity index (χ2v) is 6.97. The minimum absolute atomic E-state index is 0.239. The summed E-state index contributed by atoms with van der Waals surface area (Å²) in [5, 5.41) is 1.02. The molecular weight excluding hydrogens is 410 g/mol. The number of benzene rings is 2. The van der Waals surface area contributed by atoms with E-state index in [4.69, 9.17) is 20.8 Å². The molecule has 0 aliphatic carbocycles. The Labute approximate surface area is 156 Å². The van der Waals surface area contributed by atoms with Crippen LogP contribution in [0.4, 0.5) is 0 Å². The van der Waals surface area contributed by atoms with Gasteiger partial charge >= 0.3 is 11.4 Å². The molecule has 0 unspecified atom stereocenters. The number of nitrogens with zero attached hydrogens (tertiary/aromatic N) is 1. The topological polar surface area (TPSA) is 61.4 Å². The zero-order valence-electron chi connectivity index (χ0n) is 13.6. The lowest BCUT2D eigenvalue weighted by atomic mass is 10.2. The molecule has 3 rings (SSSR count). The van der Waals surface area contributed by atoms with Crippen LogP contribution in [0.1, 0.15) is 11.1 Å². The van der Waals surface area contributed by atoms with Crippen molar-refractivity contribution in [3.63, 3.8) is 0 Å². The van der Waals surface area contributed by atoms with Crippen LogP contribution in [0.2, 0.25) is 5.02 Å². The van der Waals surface area contributed by atoms with E-state index in [-0.39, 0.29) is 13.2 Å². The first-order chi connectivity index (χ1) is 11.9. The van der Waals surface area contributed by atoms with Gasteiger partial charge < -0.3 is 9.15 Å². The molecule has 0 bridgehead atoms. The van der Waals surface area contributed by atoms with E-state index < -0.39 is 11.4 Å². The van der Waals surface area contributed by atoms with Crippen molar-refractivity contribution in [3.8, 4) is 5.75 Å². The molecule has 0 N–H and O–H groups in total. The molecule has 3 aromatic rings. The molecule has 0 fully saturated rings. The van der Waals surface area contributed by atoms with Crippen LogP contribution in [0.3, 0.4) is 0 Å². The van der Waals surface area contributed by atoms with E-state index in [0.717, 1.165) is 11.1 Å². The Morgan fingerprint density at radius 2 is 1.96 bits per heavy atom. The summed E-state index contributed by atoms with van der Waals surface area (Å²) in [6.45, 7) is 4.23. The molecule has 0 saturated carbocycles. The Bertz CT molecular complexity index is 1070. The van der Waals surface area contributed by atoms with Crippen molar-refractivity contribution < 1.29 is 9.15 Å². The van der Waals surface area contributed by atoms with Crippen LogP contribution in [0.15, 0.2) is 48.8 Å². The van der Waals surface area contributed by atoms with E-state index in [1.54, 1.807) is 18.2 Å². The summed E-state index contributed by atoms with van der Waals surface area (Å²) in [6.07, 6.45) is 0. The third kappa shape index (κ3) is 3.65. The summed E-state index contributed by atoms with van der Waals surface area (Å²) in [4.78, 5) is 24.1. The Balaban J connectivity index is 1.92. The number of aromatic nitrogens is 1. The number of fused-ring (bicyclic) bond motifs is 1. The maximum atomic E-state index is 12.1. The fourth-order valence-electron chi connectivity index (χ4n) is 2.61. The molecule has 0 aliphatic heterocycles. The molecule has 0 saturated heterocycles. The molecule has 1 aromatic heterocycles. The molecule has 130 valence electrons. The van der Waals surface area contributed by atoms with Gasteiger partial charge in [-0.25, -0.2) is 9.59 Å². The number of ether oxygens (including phenoxy) is 1. The van der Waals surface area contributed by atoms with Crippen molar-refractivity contribution >= 4 is 38.4 Å². The molecule has 5 nitrogen and oxygen atoms in total. The van der Waals surface area contributed by atoms with Gasteiger partial charge in [-0.15, -0.1) is 0 Å². The number of halogens is 2. The van der Waals surface area contributed by atoms with Gasteiger partial charge in [0.1, 0.15) is 12.4 Å². The van der Waals surface area contributed by atoms with Crippen molar-refractivity contribution in [3.05, 3.63) is 71.9 Å². The third-order valence-corrected chi connectivity index (χ3v) is 4.84. The highest BCUT2D eigenvalue weighted by Gasteiger charge is 2.13. The third-order valence-electron chi connectivity index (χ3n) is 3.81. The van der Waals surface area contributed by atoms with Crippen molar-refractivity contribution in [1.82, 2.24) is 4.57 Å². The maximum absolute atomic E-state index is 12.1. The normalized spacial score (nSPS) is 11.0. The summed E-state index contributed by atoms with van der Waals surface area (Å²) in [6, 6.07) is 8.90. The first-order valence-electron chi connectivity index (χ1n) is 7.59. The monoisotopic (exact) mass is 423 g/mol. The van der Waals surface area contributed by atoms with Gasteiger partial charge in [-0.2, -0.15) is 0 Å². The van der Waals surface area contributed by atoms with E-state index in [2.05, 4.69) is 15.9 Å². The fraction of sp³-hybridized carbons (Fsp3) is 0.222. The molecule has 0 aliphatic rings. The highest BCUT2D eigenvalue weighted by molar-refractivity contribution is 9.10. The predicted molar refractivity (Wildman–Crippen MR) is 101 cm³/mol. The largest absolute Gasteiger partial charge is 0.492 e. The summed E-state index contributed by atoms with van der Waals surface area (Å²) in [7, 11) is 0. The highest BCUT2D eigenvalue weighted by Crippen LogP contribution is 2.23. The van der Waals surface area contributed by atoms with Crippen molar-refractivity contribution in [2.75, 3.05) is 6.61 Å². The van der Waals surface area contributed by atoms with Crippen LogP contribution in [0, 0.1) is 13.8 Å². The molecule has 0 amide bonds. The molecule has 0 radical (unpaired) electrons. The molecule has 0 atom stereocenters. The van der Waals surface area contributed by atoms with Gasteiger partial charge in [0.05, 0.1) is 17.4 Å². The van der Waals surface area contributed by atoms with E-state index in [1.165, 1.54) is 4.57 Å². The first-order valence-corrected chi connectivity index (χ1v) is 8.76. The molecule has 0 spiro atoms. The highest BCUT2D eigenvalue weighted by atomic mass is 79.9. The molecular formula is C18H15BrClNO4. The fourth-order valence-corrected chi connectivity index (χ4v) is 3.52. The zero-order valence-corrected chi connectivity index (χ0v) is 16.0. The average molecular weight is 425 g/mol. The lowest BCUT2D eigenvalue weighted by molar-refractivity contribution is 0.287.